The summed E-state index contributed by atoms with van der Waals surface area (Å²) in [6.07, 6.45) is 14.3. The topological polar surface area (TPSA) is 157 Å². The van der Waals surface area contributed by atoms with Crippen LogP contribution < -0.4 is 0 Å². The van der Waals surface area contributed by atoms with E-state index in [4.69, 9.17) is 23.5 Å². The lowest BCUT2D eigenvalue weighted by Crippen LogP contribution is -2.41. The van der Waals surface area contributed by atoms with Crippen LogP contribution in [0.4, 0.5) is 0 Å². The minimum atomic E-state index is -0.392. The molecule has 11 rings (SSSR count). The first-order valence-electron chi connectivity index (χ1n) is 26.7. The van der Waals surface area contributed by atoms with Crippen molar-refractivity contribution < 1.29 is 42.7 Å². The van der Waals surface area contributed by atoms with Crippen molar-refractivity contribution in [2.24, 2.45) is 10.8 Å². The number of benzene rings is 2. The molecule has 2 aliphatic carbocycles. The number of rotatable bonds is 10. The summed E-state index contributed by atoms with van der Waals surface area (Å²) in [7, 11) is -0.274. The molecule has 0 N–H and O–H groups in total. The van der Waals surface area contributed by atoms with Crippen LogP contribution in [0.3, 0.4) is 0 Å². The monoisotopic (exact) mass is 1090 g/mol. The number of aryl methyl sites for hydroxylation is 1. The number of halogens is 1. The highest BCUT2D eigenvalue weighted by molar-refractivity contribution is 9.10. The first-order chi connectivity index (χ1) is 35.6. The molecule has 0 radical (unpaired) electrons. The number of amides is 2. The van der Waals surface area contributed by atoms with Gasteiger partial charge in [0, 0.05) is 38.3 Å². The predicted molar refractivity (Wildman–Crippen MR) is 291 cm³/mol. The summed E-state index contributed by atoms with van der Waals surface area (Å²) in [6.45, 7) is 18.2. The maximum absolute atomic E-state index is 13.4. The SMILES string of the molecule is C.CC1(C)OB(C2=CCC3(CC2)CCN(Cc2ccccc2)C3=O)OC1(C)C.CCOC(=O)c1nn2c(c1Br)CCCC2.CCOC(=O)c1nn2c(c1C1=CCC3(CC1)CCN(Cc1ccccc1)C3=O)COCC2. The molecule has 7 aliphatic rings. The smallest absolute Gasteiger partial charge is 0.461 e. The van der Waals surface area contributed by atoms with E-state index in [2.05, 4.69) is 90.2 Å². The molecule has 7 heterocycles. The van der Waals surface area contributed by atoms with Gasteiger partial charge < -0.3 is 33.3 Å². The molecule has 2 atom stereocenters. The number of esters is 2. The molecule has 5 aliphatic heterocycles. The summed E-state index contributed by atoms with van der Waals surface area (Å²) in [5.41, 5.74) is 7.15. The van der Waals surface area contributed by atoms with Gasteiger partial charge in [0.25, 0.3) is 0 Å². The zero-order chi connectivity index (χ0) is 52.3. The summed E-state index contributed by atoms with van der Waals surface area (Å²) in [5, 5.41) is 8.82. The number of aromatic nitrogens is 4. The molecule has 2 spiro atoms. The van der Waals surface area contributed by atoms with Crippen molar-refractivity contribution in [3.8, 4) is 0 Å². The second-order valence-corrected chi connectivity index (χ2v) is 22.5. The third-order valence-corrected chi connectivity index (χ3v) is 17.3. The molecule has 4 aromatic rings. The Morgan fingerprint density at radius 2 is 1.20 bits per heavy atom. The second kappa shape index (κ2) is 23.5. The summed E-state index contributed by atoms with van der Waals surface area (Å²) in [5.74, 6) is -0.166. The minimum Gasteiger partial charge on any atom is -0.461 e. The number of allylic oxidation sites excluding steroid dienone is 4. The van der Waals surface area contributed by atoms with Gasteiger partial charge >= 0.3 is 19.1 Å². The molecule has 2 aromatic carbocycles. The van der Waals surface area contributed by atoms with Crippen molar-refractivity contribution >= 4 is 52.4 Å². The first-order valence-corrected chi connectivity index (χ1v) is 27.5. The minimum absolute atomic E-state index is 0. The fourth-order valence-electron chi connectivity index (χ4n) is 11.4. The van der Waals surface area contributed by atoms with Crippen molar-refractivity contribution in [1.82, 2.24) is 29.4 Å². The van der Waals surface area contributed by atoms with E-state index in [0.717, 1.165) is 123 Å². The lowest BCUT2D eigenvalue weighted by molar-refractivity contribution is -0.137. The number of fused-ring (bicyclic) bond motifs is 2. The number of carbonyl (C=O) groups is 4. The van der Waals surface area contributed by atoms with Crippen molar-refractivity contribution in [3.05, 3.63) is 122 Å². The van der Waals surface area contributed by atoms with E-state index in [9.17, 15) is 19.2 Å². The molecule has 75 heavy (non-hydrogen) atoms. The second-order valence-electron chi connectivity index (χ2n) is 21.7. The Labute approximate surface area is 452 Å². The van der Waals surface area contributed by atoms with Crippen molar-refractivity contribution in [2.75, 3.05) is 32.9 Å². The van der Waals surface area contributed by atoms with E-state index in [-0.39, 0.29) is 48.5 Å². The van der Waals surface area contributed by atoms with Crippen LogP contribution >= 0.6 is 15.9 Å². The van der Waals surface area contributed by atoms with Crippen molar-refractivity contribution in [3.63, 3.8) is 0 Å². The average molecular weight is 1090 g/mol. The zero-order valence-electron chi connectivity index (χ0n) is 44.1. The Balaban J connectivity index is 0.000000158. The van der Waals surface area contributed by atoms with E-state index < -0.39 is 5.97 Å². The number of likely N-dealkylation sites (tertiary alicyclic amines) is 2. The molecule has 402 valence electrons. The van der Waals surface area contributed by atoms with Crippen molar-refractivity contribution in [1.29, 1.82) is 0 Å². The van der Waals surface area contributed by atoms with E-state index in [1.54, 1.807) is 13.8 Å². The van der Waals surface area contributed by atoms with E-state index in [0.29, 0.717) is 63.2 Å². The van der Waals surface area contributed by atoms with Gasteiger partial charge in [0.1, 0.15) is 0 Å². The number of ether oxygens (including phenoxy) is 3. The molecular formula is C58H76BBrN6O9. The first kappa shape index (κ1) is 55.9. The van der Waals surface area contributed by atoms with Gasteiger partial charge in [-0.1, -0.05) is 80.2 Å². The maximum atomic E-state index is 13.4. The van der Waals surface area contributed by atoms with Crippen LogP contribution in [0.15, 0.2) is 82.8 Å². The van der Waals surface area contributed by atoms with Crippen LogP contribution in [0.5, 0.6) is 0 Å². The van der Waals surface area contributed by atoms with Gasteiger partial charge in [0.15, 0.2) is 11.4 Å². The van der Waals surface area contributed by atoms with Gasteiger partial charge in [-0.25, -0.2) is 9.59 Å². The molecule has 3 fully saturated rings. The lowest BCUT2D eigenvalue weighted by atomic mass is 9.65. The third-order valence-electron chi connectivity index (χ3n) is 16.5. The summed E-state index contributed by atoms with van der Waals surface area (Å²) >= 11 is 3.42. The highest BCUT2D eigenvalue weighted by Crippen LogP contribution is 2.49. The maximum Gasteiger partial charge on any atom is 0.490 e. The Hall–Kier alpha value is -5.36. The van der Waals surface area contributed by atoms with Crippen LogP contribution in [0.2, 0.25) is 0 Å². The number of nitrogens with zero attached hydrogens (tertiary/aromatic N) is 6. The van der Waals surface area contributed by atoms with Gasteiger partial charge in [-0.05, 0) is 150 Å². The summed E-state index contributed by atoms with van der Waals surface area (Å²) in [4.78, 5) is 54.7. The number of hydrogen-bond acceptors (Lipinski definition) is 11. The third kappa shape index (κ3) is 11.7. The fraction of sp³-hybridized carbons (Fsp3) is 0.552. The molecule has 0 saturated carbocycles. The van der Waals surface area contributed by atoms with Gasteiger partial charge in [-0.3, -0.25) is 19.0 Å². The zero-order valence-corrected chi connectivity index (χ0v) is 45.7. The standard InChI is InChI=1S/C25H29N3O4.C22H30BNO3.C10H13BrN2O2.CH4/c1-2-32-23(29)22-21(20-17-31-15-14-28(20)26-22)19-8-10-25(11-9-19)12-13-27(24(25)30)16-18-6-4-3-5-7-18;1-20(2)21(3,4)27-23(26-20)18-10-12-22(13-11-18)14-15-24(19(22)25)16-17-8-6-5-7-9-17;1-2-15-10(14)9-8(11)7-5-3-4-6-13(7)12-9;/h3-8H,2,9-17H2,1H3;5-10H,11-16H2,1-4H3;2-6H2,1H3;1H4. The Morgan fingerprint density at radius 1 is 0.667 bits per heavy atom. The Bertz CT molecular complexity index is 2760. The molecule has 17 heteroatoms. The highest BCUT2D eigenvalue weighted by Gasteiger charge is 2.54. The van der Waals surface area contributed by atoms with Crippen LogP contribution in [0.25, 0.3) is 5.57 Å². The van der Waals surface area contributed by atoms with E-state index in [1.807, 2.05) is 55.6 Å². The van der Waals surface area contributed by atoms with E-state index >= 15 is 0 Å². The molecule has 2 amide bonds. The van der Waals surface area contributed by atoms with Crippen molar-refractivity contribution in [2.45, 2.75) is 164 Å². The number of hydrogen-bond donors (Lipinski definition) is 0. The van der Waals surface area contributed by atoms with Gasteiger partial charge in [-0.2, -0.15) is 10.2 Å². The summed E-state index contributed by atoms with van der Waals surface area (Å²) < 4.78 is 32.9. The number of carbonyl (C=O) groups excluding carboxylic acids is 4. The predicted octanol–water partition coefficient (Wildman–Crippen LogP) is 10.5. The Morgan fingerprint density at radius 3 is 1.72 bits per heavy atom. The summed E-state index contributed by atoms with van der Waals surface area (Å²) in [6, 6.07) is 20.4. The van der Waals surface area contributed by atoms with Crippen LogP contribution in [0, 0.1) is 10.8 Å². The molecule has 0 bridgehead atoms. The lowest BCUT2D eigenvalue weighted by Gasteiger charge is -2.32. The van der Waals surface area contributed by atoms with Gasteiger partial charge in [-0.15, -0.1) is 0 Å². The van der Waals surface area contributed by atoms with Crippen LogP contribution in [-0.2, 0) is 72.3 Å². The van der Waals surface area contributed by atoms with Crippen LogP contribution in [0.1, 0.15) is 162 Å². The highest BCUT2D eigenvalue weighted by atomic mass is 79.9. The average Bonchev–Trinajstić information content (AvgIpc) is 4.18. The van der Waals surface area contributed by atoms with E-state index in [1.165, 1.54) is 11.0 Å². The molecule has 3 saturated heterocycles. The van der Waals surface area contributed by atoms with Gasteiger partial charge in [0.2, 0.25) is 11.8 Å². The molecular weight excluding hydrogens is 1020 g/mol. The molecule has 2 aromatic heterocycles. The normalized spacial score (nSPS) is 23.3. The largest absolute Gasteiger partial charge is 0.490 e. The fourth-order valence-corrected chi connectivity index (χ4v) is 12.0. The van der Waals surface area contributed by atoms with Crippen LogP contribution in [-0.4, -0.2) is 104 Å². The van der Waals surface area contributed by atoms with Gasteiger partial charge in [0.05, 0.1) is 70.9 Å². The quantitative estimate of drug-likeness (QED) is 0.110. The molecule has 2 unspecified atom stereocenters. The molecule has 15 nitrogen and oxygen atoms in total. The Kier molecular flexibility index (Phi) is 17.5.